The van der Waals surface area contributed by atoms with Crippen LogP contribution in [-0.2, 0) is 4.74 Å². The van der Waals surface area contributed by atoms with Crippen molar-refractivity contribution in [2.45, 2.75) is 39.0 Å². The van der Waals surface area contributed by atoms with Gasteiger partial charge in [-0.05, 0) is 25.2 Å². The van der Waals surface area contributed by atoms with E-state index in [0.717, 1.165) is 37.9 Å². The molecule has 1 fully saturated rings. The first kappa shape index (κ1) is 14.1. The maximum absolute atomic E-state index is 11.5. The Morgan fingerprint density at radius 3 is 3.00 bits per heavy atom. The Morgan fingerprint density at radius 2 is 2.32 bits per heavy atom. The second-order valence-electron chi connectivity index (χ2n) is 5.47. The molecule has 0 radical (unpaired) electrons. The predicted molar refractivity (Wildman–Crippen MR) is 75.6 cm³/mol. The van der Waals surface area contributed by atoms with Crippen LogP contribution in [0.4, 0.5) is 5.82 Å². The zero-order valence-electron chi connectivity index (χ0n) is 11.7. The van der Waals surface area contributed by atoms with E-state index in [2.05, 4.69) is 15.3 Å². The number of aromatic nitrogens is 2. The van der Waals surface area contributed by atoms with Crippen molar-refractivity contribution >= 4 is 5.82 Å². The minimum absolute atomic E-state index is 0.105. The summed E-state index contributed by atoms with van der Waals surface area (Å²) in [6.45, 7) is 6.46. The lowest BCUT2D eigenvalue weighted by atomic mass is 10.2. The third-order valence-electron chi connectivity index (χ3n) is 3.13. The monoisotopic (exact) mass is 265 g/mol. The molecule has 1 aliphatic rings. The van der Waals surface area contributed by atoms with E-state index in [1.807, 2.05) is 13.8 Å². The summed E-state index contributed by atoms with van der Waals surface area (Å²) >= 11 is 0. The van der Waals surface area contributed by atoms with E-state index in [1.54, 1.807) is 0 Å². The Kier molecular flexibility index (Phi) is 4.96. The largest absolute Gasteiger partial charge is 0.381 e. The summed E-state index contributed by atoms with van der Waals surface area (Å²) in [7, 11) is 0. The first-order valence-electron chi connectivity index (χ1n) is 7.08. The first-order chi connectivity index (χ1) is 9.15. The standard InChI is InChI=1S/C14H23N3O2/c1-10(2)14-16-12(8-13(18)17-14)15-6-3-7-19-9-11-4-5-11/h8,10-11H,3-7,9H2,1-2H3,(H2,15,16,17,18). The summed E-state index contributed by atoms with van der Waals surface area (Å²) in [5, 5.41) is 3.17. The Bertz CT molecular complexity index is 452. The number of ether oxygens (including phenoxy) is 1. The van der Waals surface area contributed by atoms with Gasteiger partial charge in [0.15, 0.2) is 0 Å². The molecule has 0 bridgehead atoms. The molecule has 0 atom stereocenters. The first-order valence-corrected chi connectivity index (χ1v) is 7.08. The quantitative estimate of drug-likeness (QED) is 0.707. The summed E-state index contributed by atoms with van der Waals surface area (Å²) in [4.78, 5) is 18.6. The number of H-pyrrole nitrogens is 1. The number of nitrogens with zero attached hydrogens (tertiary/aromatic N) is 1. The van der Waals surface area contributed by atoms with Crippen molar-refractivity contribution in [1.82, 2.24) is 9.97 Å². The maximum atomic E-state index is 11.5. The average Bonchev–Trinajstić information content (AvgIpc) is 3.17. The zero-order chi connectivity index (χ0) is 13.7. The molecule has 106 valence electrons. The van der Waals surface area contributed by atoms with Crippen LogP contribution in [0.15, 0.2) is 10.9 Å². The molecule has 1 aliphatic carbocycles. The second-order valence-corrected chi connectivity index (χ2v) is 5.47. The Morgan fingerprint density at radius 1 is 1.53 bits per heavy atom. The van der Waals surface area contributed by atoms with Gasteiger partial charge in [0.2, 0.25) is 0 Å². The summed E-state index contributed by atoms with van der Waals surface area (Å²) < 4.78 is 5.55. The molecule has 2 N–H and O–H groups in total. The van der Waals surface area contributed by atoms with Crippen LogP contribution < -0.4 is 10.9 Å². The van der Waals surface area contributed by atoms with Crippen molar-refractivity contribution in [3.8, 4) is 0 Å². The Balaban J connectivity index is 1.70. The molecule has 0 unspecified atom stereocenters. The molecule has 5 nitrogen and oxygen atoms in total. The van der Waals surface area contributed by atoms with E-state index in [-0.39, 0.29) is 11.5 Å². The van der Waals surface area contributed by atoms with E-state index < -0.39 is 0 Å². The van der Waals surface area contributed by atoms with Gasteiger partial charge in [-0.3, -0.25) is 4.79 Å². The molecular weight excluding hydrogens is 242 g/mol. The lowest BCUT2D eigenvalue weighted by Gasteiger charge is -2.09. The molecule has 1 heterocycles. The lowest BCUT2D eigenvalue weighted by Crippen LogP contribution is -2.15. The van der Waals surface area contributed by atoms with Gasteiger partial charge in [0.1, 0.15) is 11.6 Å². The molecular formula is C14H23N3O2. The van der Waals surface area contributed by atoms with E-state index >= 15 is 0 Å². The van der Waals surface area contributed by atoms with Gasteiger partial charge in [-0.1, -0.05) is 13.8 Å². The number of hydrogen-bond acceptors (Lipinski definition) is 4. The highest BCUT2D eigenvalue weighted by Gasteiger charge is 2.20. The van der Waals surface area contributed by atoms with Crippen LogP contribution in [0.3, 0.4) is 0 Å². The molecule has 5 heteroatoms. The van der Waals surface area contributed by atoms with E-state index in [1.165, 1.54) is 18.9 Å². The molecule has 1 aromatic heterocycles. The van der Waals surface area contributed by atoms with Crippen molar-refractivity contribution in [3.63, 3.8) is 0 Å². The summed E-state index contributed by atoms with van der Waals surface area (Å²) in [6.07, 6.45) is 3.58. The third kappa shape index (κ3) is 5.03. The highest BCUT2D eigenvalue weighted by Crippen LogP contribution is 2.28. The molecule has 0 aromatic carbocycles. The van der Waals surface area contributed by atoms with Crippen LogP contribution in [0.25, 0.3) is 0 Å². The second kappa shape index (κ2) is 6.70. The predicted octanol–water partition coefficient (Wildman–Crippen LogP) is 2.12. The van der Waals surface area contributed by atoms with Crippen LogP contribution in [0.1, 0.15) is 44.9 Å². The number of anilines is 1. The van der Waals surface area contributed by atoms with Crippen molar-refractivity contribution in [3.05, 3.63) is 22.2 Å². The number of hydrogen-bond donors (Lipinski definition) is 2. The number of nitrogens with one attached hydrogen (secondary N) is 2. The van der Waals surface area contributed by atoms with Crippen LogP contribution >= 0.6 is 0 Å². The van der Waals surface area contributed by atoms with Crippen LogP contribution in [0, 0.1) is 5.92 Å². The molecule has 1 saturated carbocycles. The third-order valence-corrected chi connectivity index (χ3v) is 3.13. The van der Waals surface area contributed by atoms with Crippen molar-refractivity contribution in [2.75, 3.05) is 25.1 Å². The van der Waals surface area contributed by atoms with Crippen molar-refractivity contribution < 1.29 is 4.74 Å². The zero-order valence-corrected chi connectivity index (χ0v) is 11.7. The van der Waals surface area contributed by atoms with Gasteiger partial charge in [-0.25, -0.2) is 4.98 Å². The van der Waals surface area contributed by atoms with Crippen LogP contribution in [0.2, 0.25) is 0 Å². The minimum Gasteiger partial charge on any atom is -0.381 e. The number of rotatable bonds is 8. The van der Waals surface area contributed by atoms with E-state index in [0.29, 0.717) is 5.82 Å². The number of aromatic amines is 1. The molecule has 0 spiro atoms. The van der Waals surface area contributed by atoms with Crippen LogP contribution in [0.5, 0.6) is 0 Å². The summed E-state index contributed by atoms with van der Waals surface area (Å²) in [5.74, 6) is 2.40. The van der Waals surface area contributed by atoms with Gasteiger partial charge >= 0.3 is 0 Å². The lowest BCUT2D eigenvalue weighted by molar-refractivity contribution is 0.124. The van der Waals surface area contributed by atoms with E-state index in [9.17, 15) is 4.79 Å². The van der Waals surface area contributed by atoms with Gasteiger partial charge in [-0.2, -0.15) is 0 Å². The fraction of sp³-hybridized carbons (Fsp3) is 0.714. The Labute approximate surface area is 113 Å². The molecule has 19 heavy (non-hydrogen) atoms. The Hall–Kier alpha value is -1.36. The van der Waals surface area contributed by atoms with Gasteiger partial charge < -0.3 is 15.0 Å². The van der Waals surface area contributed by atoms with Crippen molar-refractivity contribution in [2.24, 2.45) is 5.92 Å². The molecule has 0 saturated heterocycles. The highest BCUT2D eigenvalue weighted by atomic mass is 16.5. The summed E-state index contributed by atoms with van der Waals surface area (Å²) in [5.41, 5.74) is -0.105. The van der Waals surface area contributed by atoms with Gasteiger partial charge in [0.05, 0.1) is 0 Å². The normalized spacial score (nSPS) is 14.9. The maximum Gasteiger partial charge on any atom is 0.252 e. The minimum atomic E-state index is -0.105. The average molecular weight is 265 g/mol. The topological polar surface area (TPSA) is 67.0 Å². The molecule has 0 amide bonds. The highest BCUT2D eigenvalue weighted by molar-refractivity contribution is 5.33. The smallest absolute Gasteiger partial charge is 0.252 e. The van der Waals surface area contributed by atoms with Crippen molar-refractivity contribution in [1.29, 1.82) is 0 Å². The van der Waals surface area contributed by atoms with Crippen LogP contribution in [-0.4, -0.2) is 29.7 Å². The fourth-order valence-electron chi connectivity index (χ4n) is 1.77. The summed E-state index contributed by atoms with van der Waals surface area (Å²) in [6, 6.07) is 1.50. The van der Waals surface area contributed by atoms with Gasteiger partial charge in [0.25, 0.3) is 5.56 Å². The fourth-order valence-corrected chi connectivity index (χ4v) is 1.77. The molecule has 0 aliphatic heterocycles. The van der Waals surface area contributed by atoms with Gasteiger partial charge in [-0.15, -0.1) is 0 Å². The molecule has 1 aromatic rings. The SMILES string of the molecule is CC(C)c1nc(NCCCOCC2CC2)cc(=O)[nH]1. The van der Waals surface area contributed by atoms with Gasteiger partial charge in [0, 0.05) is 31.7 Å². The molecule has 2 rings (SSSR count). The van der Waals surface area contributed by atoms with E-state index in [4.69, 9.17) is 4.74 Å².